The first-order valence-corrected chi connectivity index (χ1v) is 8.06. The fourth-order valence-electron chi connectivity index (χ4n) is 2.99. The minimum atomic E-state index is -0.989. The number of carbonyl (C=O) groups excluding carboxylic acids is 1. The van der Waals surface area contributed by atoms with E-state index in [4.69, 9.17) is 9.47 Å². The number of ether oxygens (including phenoxy) is 2. The maximum absolute atomic E-state index is 12.3. The molecule has 1 aromatic rings. The minimum Gasteiger partial charge on any atom is -0.497 e. The lowest BCUT2D eigenvalue weighted by Crippen LogP contribution is -2.45. The van der Waals surface area contributed by atoms with Gasteiger partial charge in [0.25, 0.3) is 0 Å². The molecule has 0 spiro atoms. The average Bonchev–Trinajstić information content (AvgIpc) is 2.90. The van der Waals surface area contributed by atoms with Crippen molar-refractivity contribution in [1.82, 2.24) is 4.90 Å². The first kappa shape index (κ1) is 18.1. The van der Waals surface area contributed by atoms with Crippen LogP contribution in [0.15, 0.2) is 24.3 Å². The average molecular weight is 335 g/mol. The van der Waals surface area contributed by atoms with E-state index in [-0.39, 0.29) is 5.92 Å². The van der Waals surface area contributed by atoms with Gasteiger partial charge in [-0.3, -0.25) is 4.90 Å². The van der Waals surface area contributed by atoms with Crippen LogP contribution >= 0.6 is 0 Å². The molecule has 1 fully saturated rings. The van der Waals surface area contributed by atoms with E-state index in [9.17, 15) is 14.7 Å². The van der Waals surface area contributed by atoms with Crippen LogP contribution in [-0.4, -0.2) is 47.4 Å². The fraction of sp³-hybridized carbons (Fsp3) is 0.556. The Kier molecular flexibility index (Phi) is 5.36. The van der Waals surface area contributed by atoms with Gasteiger partial charge in [-0.1, -0.05) is 12.1 Å². The molecule has 6 heteroatoms. The highest BCUT2D eigenvalue weighted by atomic mass is 16.6. The monoisotopic (exact) mass is 335 g/mol. The highest BCUT2D eigenvalue weighted by molar-refractivity contribution is 5.81. The molecule has 24 heavy (non-hydrogen) atoms. The number of methoxy groups -OCH3 is 1. The Labute approximate surface area is 142 Å². The number of hydrogen-bond donors (Lipinski definition) is 1. The largest absolute Gasteiger partial charge is 0.497 e. The molecule has 132 valence electrons. The van der Waals surface area contributed by atoms with Gasteiger partial charge in [0.05, 0.1) is 7.11 Å². The molecule has 0 aliphatic carbocycles. The molecular weight excluding hydrogens is 310 g/mol. The van der Waals surface area contributed by atoms with Crippen molar-refractivity contribution < 1.29 is 24.2 Å². The fourth-order valence-corrected chi connectivity index (χ4v) is 2.99. The summed E-state index contributed by atoms with van der Waals surface area (Å²) in [5.74, 6) is -0.365. The summed E-state index contributed by atoms with van der Waals surface area (Å²) in [6.45, 7) is 5.70. The molecule has 2 rings (SSSR count). The van der Waals surface area contributed by atoms with Crippen molar-refractivity contribution in [2.45, 2.75) is 45.3 Å². The van der Waals surface area contributed by atoms with Gasteiger partial charge < -0.3 is 14.6 Å². The molecular formula is C18H25NO5. The van der Waals surface area contributed by atoms with Crippen LogP contribution in [-0.2, 0) is 16.0 Å². The van der Waals surface area contributed by atoms with Gasteiger partial charge in [0.2, 0.25) is 0 Å². The molecule has 0 aromatic heterocycles. The topological polar surface area (TPSA) is 76.1 Å². The highest BCUT2D eigenvalue weighted by Gasteiger charge is 2.43. The van der Waals surface area contributed by atoms with Gasteiger partial charge in [0.15, 0.2) is 0 Å². The zero-order valence-corrected chi connectivity index (χ0v) is 14.6. The third-order valence-corrected chi connectivity index (χ3v) is 4.06. The quantitative estimate of drug-likeness (QED) is 0.915. The Hall–Kier alpha value is -2.24. The lowest BCUT2D eigenvalue weighted by molar-refractivity contribution is -0.143. The Balaban J connectivity index is 2.10. The molecule has 0 bridgehead atoms. The number of nitrogens with zero attached hydrogens (tertiary/aromatic N) is 1. The van der Waals surface area contributed by atoms with Crippen LogP contribution in [0.5, 0.6) is 5.75 Å². The molecule has 6 nitrogen and oxygen atoms in total. The van der Waals surface area contributed by atoms with Crippen LogP contribution in [0.1, 0.15) is 32.8 Å². The van der Waals surface area contributed by atoms with E-state index in [1.807, 2.05) is 24.3 Å². The minimum absolute atomic E-state index is 0.136. The van der Waals surface area contributed by atoms with E-state index >= 15 is 0 Å². The number of amides is 1. The Morgan fingerprint density at radius 3 is 2.38 bits per heavy atom. The highest BCUT2D eigenvalue weighted by Crippen LogP contribution is 2.30. The van der Waals surface area contributed by atoms with Crippen LogP contribution in [0, 0.1) is 5.92 Å². The maximum atomic E-state index is 12.3. The molecule has 1 aliphatic heterocycles. The van der Waals surface area contributed by atoms with Crippen LogP contribution in [0.2, 0.25) is 0 Å². The number of carboxylic acid groups (broad SMARTS) is 1. The van der Waals surface area contributed by atoms with Gasteiger partial charge in [-0.15, -0.1) is 0 Å². The van der Waals surface area contributed by atoms with Crippen molar-refractivity contribution in [2.75, 3.05) is 13.7 Å². The molecule has 1 saturated heterocycles. The molecule has 0 unspecified atom stereocenters. The van der Waals surface area contributed by atoms with Gasteiger partial charge in [-0.25, -0.2) is 9.59 Å². The van der Waals surface area contributed by atoms with Crippen LogP contribution in [0.4, 0.5) is 4.79 Å². The number of hydrogen-bond acceptors (Lipinski definition) is 4. The second-order valence-electron chi connectivity index (χ2n) is 7.06. The summed E-state index contributed by atoms with van der Waals surface area (Å²) >= 11 is 0. The van der Waals surface area contributed by atoms with Gasteiger partial charge in [-0.05, 0) is 57.2 Å². The number of likely N-dealkylation sites (tertiary alicyclic amines) is 1. The molecule has 1 aliphatic rings. The van der Waals surface area contributed by atoms with Crippen molar-refractivity contribution >= 4 is 12.1 Å². The number of carbonyl (C=O) groups is 2. The van der Waals surface area contributed by atoms with E-state index in [1.54, 1.807) is 27.9 Å². The number of rotatable bonds is 4. The van der Waals surface area contributed by atoms with Crippen LogP contribution in [0.3, 0.4) is 0 Å². The van der Waals surface area contributed by atoms with Crippen molar-refractivity contribution in [2.24, 2.45) is 5.92 Å². The van der Waals surface area contributed by atoms with Gasteiger partial charge >= 0.3 is 12.1 Å². The smallest absolute Gasteiger partial charge is 0.411 e. The van der Waals surface area contributed by atoms with Crippen molar-refractivity contribution in [1.29, 1.82) is 0 Å². The third kappa shape index (κ3) is 4.40. The summed E-state index contributed by atoms with van der Waals surface area (Å²) in [6, 6.07) is 6.70. The van der Waals surface area contributed by atoms with E-state index in [0.717, 1.165) is 11.3 Å². The predicted octanol–water partition coefficient (Wildman–Crippen LogP) is 2.95. The van der Waals surface area contributed by atoms with E-state index < -0.39 is 23.7 Å². The van der Waals surface area contributed by atoms with E-state index in [2.05, 4.69) is 0 Å². The van der Waals surface area contributed by atoms with Crippen LogP contribution in [0.25, 0.3) is 0 Å². The SMILES string of the molecule is COc1ccc(C[C@H]2CCN(C(=O)OC(C)(C)C)[C@@H]2C(=O)O)cc1. The predicted molar refractivity (Wildman–Crippen MR) is 89.2 cm³/mol. The number of aliphatic carboxylic acids is 1. The first-order valence-electron chi connectivity index (χ1n) is 8.06. The van der Waals surface area contributed by atoms with Crippen molar-refractivity contribution in [3.8, 4) is 5.75 Å². The molecule has 1 heterocycles. The molecule has 0 radical (unpaired) electrons. The lowest BCUT2D eigenvalue weighted by atomic mass is 9.92. The lowest BCUT2D eigenvalue weighted by Gasteiger charge is -2.28. The Morgan fingerprint density at radius 2 is 1.88 bits per heavy atom. The maximum Gasteiger partial charge on any atom is 0.411 e. The number of carboxylic acids is 1. The van der Waals surface area contributed by atoms with Crippen LogP contribution < -0.4 is 4.74 Å². The summed E-state index contributed by atoms with van der Waals surface area (Å²) in [6.07, 6.45) is 0.676. The number of benzene rings is 1. The van der Waals surface area contributed by atoms with Gasteiger partial charge in [0.1, 0.15) is 17.4 Å². The second kappa shape index (κ2) is 7.11. The van der Waals surface area contributed by atoms with Gasteiger partial charge in [-0.2, -0.15) is 0 Å². The molecule has 1 N–H and O–H groups in total. The summed E-state index contributed by atoms with van der Waals surface area (Å²) < 4.78 is 10.5. The van der Waals surface area contributed by atoms with Crippen molar-refractivity contribution in [3.05, 3.63) is 29.8 Å². The van der Waals surface area contributed by atoms with Crippen molar-refractivity contribution in [3.63, 3.8) is 0 Å². The standard InChI is InChI=1S/C18H25NO5/c1-18(2,3)24-17(22)19-10-9-13(15(19)16(20)21)11-12-5-7-14(23-4)8-6-12/h5-8,13,15H,9-11H2,1-4H3,(H,20,21)/t13-,15+/m1/s1. The summed E-state index contributed by atoms with van der Waals surface area (Å²) in [4.78, 5) is 25.3. The third-order valence-electron chi connectivity index (χ3n) is 4.06. The Bertz CT molecular complexity index is 590. The van der Waals surface area contributed by atoms with E-state index in [0.29, 0.717) is 19.4 Å². The normalized spacial score (nSPS) is 20.8. The summed E-state index contributed by atoms with van der Waals surface area (Å²) in [5, 5.41) is 9.59. The first-order chi connectivity index (χ1) is 11.2. The second-order valence-corrected chi connectivity index (χ2v) is 7.06. The summed E-state index contributed by atoms with van der Waals surface area (Å²) in [5.41, 5.74) is 0.381. The summed E-state index contributed by atoms with van der Waals surface area (Å²) in [7, 11) is 1.60. The molecule has 2 atom stereocenters. The molecule has 1 aromatic carbocycles. The molecule has 0 saturated carbocycles. The van der Waals surface area contributed by atoms with Gasteiger partial charge in [0, 0.05) is 6.54 Å². The van der Waals surface area contributed by atoms with E-state index in [1.165, 1.54) is 4.90 Å². The zero-order chi connectivity index (χ0) is 17.9. The molecule has 1 amide bonds. The Morgan fingerprint density at radius 1 is 1.25 bits per heavy atom. The zero-order valence-electron chi connectivity index (χ0n) is 14.6.